The summed E-state index contributed by atoms with van der Waals surface area (Å²) in [6.45, 7) is 4.47. The van der Waals surface area contributed by atoms with Gasteiger partial charge in [0, 0.05) is 18.8 Å². The number of rotatable bonds is 7. The van der Waals surface area contributed by atoms with Crippen LogP contribution in [0.4, 0.5) is 11.4 Å². The standard InChI is InChI=1S/C17H18N6O4/c1-3-22-12(2)14(10-18-22)19-17(24)13-8-9-21(20-13)11-27-16-7-5-4-6-15(16)23(25)26/h4-10H,3,11H2,1-2H3,(H,19,24). The molecule has 0 saturated carbocycles. The predicted octanol–water partition coefficient (Wildman–Crippen LogP) is 2.60. The van der Waals surface area contributed by atoms with Gasteiger partial charge in [0.15, 0.2) is 18.2 Å². The van der Waals surface area contributed by atoms with Gasteiger partial charge in [-0.15, -0.1) is 0 Å². The van der Waals surface area contributed by atoms with Crippen LogP contribution >= 0.6 is 0 Å². The molecular weight excluding hydrogens is 352 g/mol. The Bertz CT molecular complexity index is 977. The summed E-state index contributed by atoms with van der Waals surface area (Å²) in [6, 6.07) is 7.60. The lowest BCUT2D eigenvalue weighted by atomic mass is 10.3. The number of carbonyl (C=O) groups is 1. The van der Waals surface area contributed by atoms with Gasteiger partial charge in [0.25, 0.3) is 5.91 Å². The molecule has 27 heavy (non-hydrogen) atoms. The van der Waals surface area contributed by atoms with E-state index in [1.165, 1.54) is 22.9 Å². The molecule has 2 heterocycles. The van der Waals surface area contributed by atoms with Crippen molar-refractivity contribution in [1.82, 2.24) is 19.6 Å². The van der Waals surface area contributed by atoms with Gasteiger partial charge in [-0.2, -0.15) is 10.2 Å². The van der Waals surface area contributed by atoms with Crippen LogP contribution in [0.15, 0.2) is 42.7 Å². The molecule has 3 rings (SSSR count). The fourth-order valence-electron chi connectivity index (χ4n) is 2.49. The molecule has 0 aliphatic carbocycles. The number of aryl methyl sites for hydroxylation is 1. The highest BCUT2D eigenvalue weighted by Gasteiger charge is 2.16. The summed E-state index contributed by atoms with van der Waals surface area (Å²) in [7, 11) is 0. The fraction of sp³-hybridized carbons (Fsp3) is 0.235. The van der Waals surface area contributed by atoms with Crippen LogP contribution in [-0.4, -0.2) is 30.4 Å². The molecule has 0 saturated heterocycles. The maximum Gasteiger partial charge on any atom is 0.311 e. The highest BCUT2D eigenvalue weighted by molar-refractivity contribution is 6.03. The minimum atomic E-state index is -0.518. The molecule has 3 aromatic rings. The van der Waals surface area contributed by atoms with Gasteiger partial charge in [-0.05, 0) is 26.0 Å². The number of aromatic nitrogens is 4. The van der Waals surface area contributed by atoms with E-state index < -0.39 is 4.92 Å². The van der Waals surface area contributed by atoms with Gasteiger partial charge in [-0.25, -0.2) is 4.68 Å². The fourth-order valence-corrected chi connectivity index (χ4v) is 2.49. The summed E-state index contributed by atoms with van der Waals surface area (Å²) >= 11 is 0. The van der Waals surface area contributed by atoms with Gasteiger partial charge >= 0.3 is 5.69 Å². The van der Waals surface area contributed by atoms with Gasteiger partial charge in [-0.1, -0.05) is 12.1 Å². The number of nitro benzene ring substituents is 1. The number of amides is 1. The van der Waals surface area contributed by atoms with Gasteiger partial charge in [0.05, 0.1) is 22.5 Å². The van der Waals surface area contributed by atoms with E-state index >= 15 is 0 Å². The third-order valence-electron chi connectivity index (χ3n) is 3.94. The Hall–Kier alpha value is -3.69. The number of ether oxygens (including phenoxy) is 1. The molecule has 0 bridgehead atoms. The Morgan fingerprint density at radius 3 is 2.81 bits per heavy atom. The average Bonchev–Trinajstić information content (AvgIpc) is 3.27. The Balaban J connectivity index is 1.65. The van der Waals surface area contributed by atoms with Crippen molar-refractivity contribution in [3.8, 4) is 5.75 Å². The number of nitrogens with zero attached hydrogens (tertiary/aromatic N) is 5. The van der Waals surface area contributed by atoms with Crippen molar-refractivity contribution in [3.05, 3.63) is 64.2 Å². The van der Waals surface area contributed by atoms with Crippen LogP contribution in [0.1, 0.15) is 23.1 Å². The van der Waals surface area contributed by atoms with Gasteiger partial charge in [0.2, 0.25) is 0 Å². The molecule has 0 atom stereocenters. The zero-order valence-corrected chi connectivity index (χ0v) is 14.8. The third kappa shape index (κ3) is 3.94. The smallest absolute Gasteiger partial charge is 0.311 e. The van der Waals surface area contributed by atoms with E-state index in [2.05, 4.69) is 15.5 Å². The normalized spacial score (nSPS) is 10.6. The summed E-state index contributed by atoms with van der Waals surface area (Å²) in [6.07, 6.45) is 3.15. The second-order valence-corrected chi connectivity index (χ2v) is 5.65. The van der Waals surface area contributed by atoms with E-state index in [1.54, 1.807) is 29.2 Å². The molecule has 0 fully saturated rings. The average molecular weight is 370 g/mol. The van der Waals surface area contributed by atoms with Gasteiger partial charge < -0.3 is 10.1 Å². The zero-order valence-electron chi connectivity index (χ0n) is 14.8. The quantitative estimate of drug-likeness (QED) is 0.505. The lowest BCUT2D eigenvalue weighted by molar-refractivity contribution is -0.386. The van der Waals surface area contributed by atoms with Gasteiger partial charge in [0.1, 0.15) is 0 Å². The van der Waals surface area contributed by atoms with E-state index in [0.717, 1.165) is 5.69 Å². The van der Waals surface area contributed by atoms with Crippen LogP contribution in [0.5, 0.6) is 5.75 Å². The van der Waals surface area contributed by atoms with E-state index in [9.17, 15) is 14.9 Å². The molecule has 0 spiro atoms. The number of para-hydroxylation sites is 2. The number of nitrogens with one attached hydrogen (secondary N) is 1. The van der Waals surface area contributed by atoms with Crippen LogP contribution in [-0.2, 0) is 13.3 Å². The zero-order chi connectivity index (χ0) is 19.4. The monoisotopic (exact) mass is 370 g/mol. The third-order valence-corrected chi connectivity index (χ3v) is 3.94. The predicted molar refractivity (Wildman–Crippen MR) is 96.5 cm³/mol. The van der Waals surface area contributed by atoms with Crippen LogP contribution in [0.25, 0.3) is 0 Å². The molecule has 1 N–H and O–H groups in total. The van der Waals surface area contributed by atoms with Crippen molar-refractivity contribution < 1.29 is 14.5 Å². The van der Waals surface area contributed by atoms with Crippen LogP contribution < -0.4 is 10.1 Å². The van der Waals surface area contributed by atoms with Crippen LogP contribution in [0.3, 0.4) is 0 Å². The van der Waals surface area contributed by atoms with Crippen molar-refractivity contribution in [2.75, 3.05) is 5.32 Å². The van der Waals surface area contributed by atoms with E-state index in [0.29, 0.717) is 12.2 Å². The van der Waals surface area contributed by atoms with Crippen molar-refractivity contribution in [3.63, 3.8) is 0 Å². The molecular formula is C17H18N6O4. The molecule has 1 aromatic carbocycles. The van der Waals surface area contributed by atoms with Gasteiger partial charge in [-0.3, -0.25) is 19.6 Å². The summed E-state index contributed by atoms with van der Waals surface area (Å²) in [4.78, 5) is 22.8. The topological polar surface area (TPSA) is 117 Å². The lowest BCUT2D eigenvalue weighted by Crippen LogP contribution is -2.15. The highest BCUT2D eigenvalue weighted by atomic mass is 16.6. The molecule has 140 valence electrons. The first-order valence-corrected chi connectivity index (χ1v) is 8.23. The van der Waals surface area contributed by atoms with Crippen molar-refractivity contribution in [2.24, 2.45) is 0 Å². The number of carbonyl (C=O) groups excluding carboxylic acids is 1. The largest absolute Gasteiger partial charge is 0.464 e. The Morgan fingerprint density at radius 1 is 1.33 bits per heavy atom. The Kier molecular flexibility index (Phi) is 5.15. The minimum Gasteiger partial charge on any atom is -0.464 e. The van der Waals surface area contributed by atoms with E-state index in [1.807, 2.05) is 13.8 Å². The van der Waals surface area contributed by atoms with Crippen LogP contribution in [0.2, 0.25) is 0 Å². The molecule has 0 unspecified atom stereocenters. The van der Waals surface area contributed by atoms with Crippen molar-refractivity contribution >= 4 is 17.3 Å². The molecule has 0 aliphatic rings. The first kappa shape index (κ1) is 18.1. The Morgan fingerprint density at radius 2 is 2.11 bits per heavy atom. The number of anilines is 1. The summed E-state index contributed by atoms with van der Waals surface area (Å²) in [5.74, 6) is -0.246. The Labute approximate surface area is 154 Å². The van der Waals surface area contributed by atoms with E-state index in [-0.39, 0.29) is 29.8 Å². The number of hydrogen-bond donors (Lipinski definition) is 1. The first-order chi connectivity index (χ1) is 13.0. The van der Waals surface area contributed by atoms with E-state index in [4.69, 9.17) is 4.74 Å². The molecule has 0 aliphatic heterocycles. The first-order valence-electron chi connectivity index (χ1n) is 8.23. The minimum absolute atomic E-state index is 0.0646. The maximum atomic E-state index is 12.3. The molecule has 10 heteroatoms. The SMILES string of the molecule is CCn1ncc(NC(=O)c2ccn(COc3ccccc3[N+](=O)[O-])n2)c1C. The second-order valence-electron chi connectivity index (χ2n) is 5.65. The number of nitro groups is 1. The van der Waals surface area contributed by atoms with Crippen molar-refractivity contribution in [2.45, 2.75) is 27.1 Å². The number of hydrogen-bond acceptors (Lipinski definition) is 6. The van der Waals surface area contributed by atoms with Crippen LogP contribution in [0, 0.1) is 17.0 Å². The number of benzene rings is 1. The second kappa shape index (κ2) is 7.68. The molecule has 2 aromatic heterocycles. The summed E-state index contributed by atoms with van der Waals surface area (Å²) in [5, 5.41) is 22.1. The lowest BCUT2D eigenvalue weighted by Gasteiger charge is -2.06. The molecule has 1 amide bonds. The van der Waals surface area contributed by atoms with Crippen molar-refractivity contribution in [1.29, 1.82) is 0 Å². The summed E-state index contributed by atoms with van der Waals surface area (Å²) in [5.41, 5.74) is 1.54. The maximum absolute atomic E-state index is 12.3. The highest BCUT2D eigenvalue weighted by Crippen LogP contribution is 2.26. The molecule has 10 nitrogen and oxygen atoms in total. The summed E-state index contributed by atoms with van der Waals surface area (Å²) < 4.78 is 8.60. The molecule has 0 radical (unpaired) electrons.